The van der Waals surface area contributed by atoms with Crippen molar-refractivity contribution in [3.63, 3.8) is 0 Å². The van der Waals surface area contributed by atoms with Crippen LogP contribution in [0.25, 0.3) is 11.4 Å². The van der Waals surface area contributed by atoms with Crippen molar-refractivity contribution in [1.82, 2.24) is 14.8 Å². The second kappa shape index (κ2) is 8.31. The summed E-state index contributed by atoms with van der Waals surface area (Å²) in [5, 5.41) is 11.6. The van der Waals surface area contributed by atoms with Crippen LogP contribution in [0.2, 0.25) is 0 Å². The van der Waals surface area contributed by atoms with Gasteiger partial charge in [0.05, 0.1) is 23.7 Å². The maximum atomic E-state index is 13.5. The molecule has 2 amide bonds. The van der Waals surface area contributed by atoms with Crippen molar-refractivity contribution >= 4 is 35.0 Å². The Morgan fingerprint density at radius 2 is 1.91 bits per heavy atom. The number of nitrogens with one attached hydrogen (secondary N) is 1. The highest BCUT2D eigenvalue weighted by molar-refractivity contribution is 8.00. The van der Waals surface area contributed by atoms with Crippen molar-refractivity contribution in [2.75, 3.05) is 17.3 Å². The van der Waals surface area contributed by atoms with Gasteiger partial charge >= 0.3 is 0 Å². The third-order valence-corrected chi connectivity index (χ3v) is 6.64. The zero-order chi connectivity index (χ0) is 23.0. The van der Waals surface area contributed by atoms with E-state index in [1.54, 1.807) is 31.9 Å². The van der Waals surface area contributed by atoms with Crippen LogP contribution in [0.15, 0.2) is 53.7 Å². The van der Waals surface area contributed by atoms with E-state index in [0.29, 0.717) is 22.4 Å². The molecule has 1 aromatic heterocycles. The first-order chi connectivity index (χ1) is 15.2. The Hall–Kier alpha value is -3.33. The van der Waals surface area contributed by atoms with Crippen LogP contribution in [-0.4, -0.2) is 44.5 Å². The molecule has 1 aliphatic heterocycles. The number of anilines is 2. The highest BCUT2D eigenvalue weighted by Crippen LogP contribution is 2.38. The summed E-state index contributed by atoms with van der Waals surface area (Å²) in [6.07, 6.45) is 0. The predicted octanol–water partition coefficient (Wildman–Crippen LogP) is 3.74. The van der Waals surface area contributed by atoms with Gasteiger partial charge in [-0.3, -0.25) is 14.5 Å². The molecule has 3 aromatic rings. The number of hydrogen-bond donors (Lipinski definition) is 1. The maximum Gasteiger partial charge on any atom is 0.250 e. The molecule has 0 saturated carbocycles. The van der Waals surface area contributed by atoms with Gasteiger partial charge in [0.25, 0.3) is 0 Å². The number of hydrogen-bond acceptors (Lipinski definition) is 6. The molecule has 1 atom stereocenters. The Balaban J connectivity index is 1.61. The van der Waals surface area contributed by atoms with Crippen molar-refractivity contribution in [3.8, 4) is 17.1 Å². The van der Waals surface area contributed by atoms with Crippen molar-refractivity contribution in [2.24, 2.45) is 7.05 Å². The van der Waals surface area contributed by atoms with Crippen LogP contribution in [0.5, 0.6) is 5.75 Å². The normalized spacial score (nSPS) is 15.7. The standard InChI is InChI=1S/C23H25N5O3S/c1-14(20(29)28-18-12-7-6-11-17(18)24-21(30)23(28,2)3)32-22-26-25-19(27(22)4)15-9-8-10-16(13-15)31-5/h6-14H,1-5H3,(H,24,30). The number of fused-ring (bicyclic) bond motifs is 1. The van der Waals surface area contributed by atoms with Crippen LogP contribution in [0.4, 0.5) is 11.4 Å². The molecule has 9 heteroatoms. The van der Waals surface area contributed by atoms with Crippen molar-refractivity contribution in [1.29, 1.82) is 0 Å². The third kappa shape index (κ3) is 3.73. The number of methoxy groups -OCH3 is 1. The number of carbonyl (C=O) groups excluding carboxylic acids is 2. The predicted molar refractivity (Wildman–Crippen MR) is 125 cm³/mol. The fourth-order valence-electron chi connectivity index (χ4n) is 3.67. The molecule has 2 aromatic carbocycles. The van der Waals surface area contributed by atoms with E-state index in [9.17, 15) is 9.59 Å². The van der Waals surface area contributed by atoms with Crippen LogP contribution >= 0.6 is 11.8 Å². The molecule has 0 fully saturated rings. The number of carbonyl (C=O) groups is 2. The summed E-state index contributed by atoms with van der Waals surface area (Å²) < 4.78 is 7.15. The minimum atomic E-state index is -1.02. The molecule has 2 heterocycles. The largest absolute Gasteiger partial charge is 0.497 e. The van der Waals surface area contributed by atoms with Gasteiger partial charge < -0.3 is 14.6 Å². The number of nitrogens with zero attached hydrogens (tertiary/aromatic N) is 4. The molecule has 8 nitrogen and oxygen atoms in total. The lowest BCUT2D eigenvalue weighted by molar-refractivity contribution is -0.126. The topological polar surface area (TPSA) is 89.4 Å². The number of amides is 2. The summed E-state index contributed by atoms with van der Waals surface area (Å²) in [5.41, 5.74) is 1.16. The molecule has 0 bridgehead atoms. The van der Waals surface area contributed by atoms with Gasteiger partial charge in [0, 0.05) is 12.6 Å². The number of para-hydroxylation sites is 2. The first-order valence-corrected chi connectivity index (χ1v) is 11.1. The molecule has 1 unspecified atom stereocenters. The molecule has 0 saturated heterocycles. The zero-order valence-corrected chi connectivity index (χ0v) is 19.4. The number of thioether (sulfide) groups is 1. The molecule has 0 aliphatic carbocycles. The lowest BCUT2D eigenvalue weighted by Crippen LogP contribution is -2.60. The molecule has 0 spiro atoms. The molecule has 4 rings (SSSR count). The third-order valence-electron chi connectivity index (χ3n) is 5.52. The molecule has 166 valence electrons. The van der Waals surface area contributed by atoms with Gasteiger partial charge in [-0.15, -0.1) is 10.2 Å². The number of aromatic nitrogens is 3. The zero-order valence-electron chi connectivity index (χ0n) is 18.6. The van der Waals surface area contributed by atoms with Gasteiger partial charge in [0.1, 0.15) is 11.3 Å². The monoisotopic (exact) mass is 451 g/mol. The van der Waals surface area contributed by atoms with E-state index in [4.69, 9.17) is 4.74 Å². The van der Waals surface area contributed by atoms with Crippen molar-refractivity contribution < 1.29 is 14.3 Å². The Morgan fingerprint density at radius 3 is 2.66 bits per heavy atom. The Morgan fingerprint density at radius 1 is 1.16 bits per heavy atom. The average Bonchev–Trinajstić information content (AvgIpc) is 3.14. The summed E-state index contributed by atoms with van der Waals surface area (Å²) >= 11 is 1.31. The molecule has 0 radical (unpaired) electrons. The van der Waals surface area contributed by atoms with E-state index < -0.39 is 10.8 Å². The number of rotatable bonds is 5. The summed E-state index contributed by atoms with van der Waals surface area (Å²) in [6, 6.07) is 14.9. The molecule has 32 heavy (non-hydrogen) atoms. The Bertz CT molecular complexity index is 1190. The van der Waals surface area contributed by atoms with Gasteiger partial charge in [-0.1, -0.05) is 36.0 Å². The lowest BCUT2D eigenvalue weighted by Gasteiger charge is -2.43. The quantitative estimate of drug-likeness (QED) is 0.595. The number of ether oxygens (including phenoxy) is 1. The fraction of sp³-hybridized carbons (Fsp3) is 0.304. The molecular formula is C23H25N5O3S. The Labute approximate surface area is 191 Å². The van der Waals surface area contributed by atoms with Gasteiger partial charge in [-0.25, -0.2) is 0 Å². The first kappa shape index (κ1) is 21.9. The van der Waals surface area contributed by atoms with Gasteiger partial charge in [0.2, 0.25) is 11.8 Å². The summed E-state index contributed by atoms with van der Waals surface area (Å²) in [4.78, 5) is 27.8. The van der Waals surface area contributed by atoms with Crippen LogP contribution in [0, 0.1) is 0 Å². The van der Waals surface area contributed by atoms with E-state index in [0.717, 1.165) is 11.3 Å². The smallest absolute Gasteiger partial charge is 0.250 e. The highest BCUT2D eigenvalue weighted by Gasteiger charge is 2.45. The van der Waals surface area contributed by atoms with Crippen LogP contribution in [0.1, 0.15) is 20.8 Å². The second-order valence-corrected chi connectivity index (χ2v) is 9.37. The van der Waals surface area contributed by atoms with E-state index in [-0.39, 0.29) is 11.8 Å². The second-order valence-electron chi connectivity index (χ2n) is 8.06. The summed E-state index contributed by atoms with van der Waals surface area (Å²) in [5.74, 6) is 1.01. The van der Waals surface area contributed by atoms with Crippen molar-refractivity contribution in [2.45, 2.75) is 36.7 Å². The highest BCUT2D eigenvalue weighted by atomic mass is 32.2. The van der Waals surface area contributed by atoms with Crippen LogP contribution < -0.4 is 15.0 Å². The van der Waals surface area contributed by atoms with E-state index in [2.05, 4.69) is 15.5 Å². The molecule has 1 N–H and O–H groups in total. The van der Waals surface area contributed by atoms with Crippen molar-refractivity contribution in [3.05, 3.63) is 48.5 Å². The minimum absolute atomic E-state index is 0.173. The lowest BCUT2D eigenvalue weighted by atomic mass is 9.96. The SMILES string of the molecule is COc1cccc(-c2nnc(SC(C)C(=O)N3c4ccccc4NC(=O)C3(C)C)n2C)c1. The van der Waals surface area contributed by atoms with Crippen LogP contribution in [-0.2, 0) is 16.6 Å². The fourth-order valence-corrected chi connectivity index (χ4v) is 4.52. The van der Waals surface area contributed by atoms with E-state index in [1.165, 1.54) is 11.8 Å². The minimum Gasteiger partial charge on any atom is -0.497 e. The van der Waals surface area contributed by atoms with E-state index >= 15 is 0 Å². The molecular weight excluding hydrogens is 426 g/mol. The average molecular weight is 452 g/mol. The maximum absolute atomic E-state index is 13.5. The van der Waals surface area contributed by atoms with Gasteiger partial charge in [-0.05, 0) is 45.0 Å². The van der Waals surface area contributed by atoms with Gasteiger partial charge in [-0.2, -0.15) is 0 Å². The van der Waals surface area contributed by atoms with Crippen LogP contribution in [0.3, 0.4) is 0 Å². The Kier molecular flexibility index (Phi) is 5.68. The van der Waals surface area contributed by atoms with Gasteiger partial charge in [0.15, 0.2) is 11.0 Å². The summed E-state index contributed by atoms with van der Waals surface area (Å²) in [6.45, 7) is 5.31. The molecule has 1 aliphatic rings. The number of benzene rings is 2. The van der Waals surface area contributed by atoms with E-state index in [1.807, 2.05) is 61.0 Å². The first-order valence-electron chi connectivity index (χ1n) is 10.2. The summed E-state index contributed by atoms with van der Waals surface area (Å²) in [7, 11) is 3.48.